The molecule has 0 aliphatic heterocycles. The summed E-state index contributed by atoms with van der Waals surface area (Å²) >= 11 is 7.12. The highest BCUT2D eigenvalue weighted by Crippen LogP contribution is 2.24. The van der Waals surface area contributed by atoms with Crippen molar-refractivity contribution in [2.45, 2.75) is 50.9 Å². The van der Waals surface area contributed by atoms with Gasteiger partial charge in [-0.25, -0.2) is 0 Å². The normalized spacial score (nSPS) is 13.8. The fourth-order valence-electron chi connectivity index (χ4n) is 1.40. The third-order valence-corrected chi connectivity index (χ3v) is 8.04. The van der Waals surface area contributed by atoms with Crippen molar-refractivity contribution in [1.29, 1.82) is 0 Å². The minimum atomic E-state index is -2.52. The van der Waals surface area contributed by atoms with Crippen LogP contribution in [0.25, 0.3) is 0 Å². The zero-order chi connectivity index (χ0) is 13.9. The van der Waals surface area contributed by atoms with Crippen LogP contribution < -0.4 is 0 Å². The maximum absolute atomic E-state index is 6.00. The van der Waals surface area contributed by atoms with E-state index in [2.05, 4.69) is 52.6 Å². The summed E-state index contributed by atoms with van der Waals surface area (Å²) in [6.07, 6.45) is 2.96. The van der Waals surface area contributed by atoms with Crippen LogP contribution in [0.4, 0.5) is 0 Å². The van der Waals surface area contributed by atoms with E-state index in [4.69, 9.17) is 13.3 Å². The first kappa shape index (κ1) is 19.1. The summed E-state index contributed by atoms with van der Waals surface area (Å²) in [5.41, 5.74) is 0. The second-order valence-corrected chi connectivity index (χ2v) is 8.77. The lowest BCUT2D eigenvalue weighted by Gasteiger charge is -2.30. The summed E-state index contributed by atoms with van der Waals surface area (Å²) in [5.74, 6) is 0. The van der Waals surface area contributed by atoms with E-state index in [9.17, 15) is 0 Å². The third-order valence-electron chi connectivity index (χ3n) is 2.22. The maximum atomic E-state index is 6.00. The van der Waals surface area contributed by atoms with E-state index in [1.165, 1.54) is 0 Å². The molecule has 0 spiro atoms. The van der Waals surface area contributed by atoms with E-state index < -0.39 is 8.80 Å². The predicted molar refractivity (Wildman–Crippen MR) is 85.8 cm³/mol. The Morgan fingerprint density at radius 3 is 1.56 bits per heavy atom. The second kappa shape index (κ2) is 11.8. The van der Waals surface area contributed by atoms with Crippen LogP contribution in [0.1, 0.15) is 40.0 Å². The molecule has 0 heterocycles. The molecule has 0 amide bonds. The monoisotopic (exact) mass is 404 g/mol. The molecule has 0 saturated carbocycles. The van der Waals surface area contributed by atoms with Gasteiger partial charge in [0, 0.05) is 36.0 Å². The van der Waals surface area contributed by atoms with E-state index in [0.717, 1.165) is 30.6 Å². The Morgan fingerprint density at radius 2 is 1.28 bits per heavy atom. The first-order valence-electron chi connectivity index (χ1n) is 6.76. The zero-order valence-corrected chi connectivity index (χ0v) is 15.9. The topological polar surface area (TPSA) is 27.7 Å². The van der Waals surface area contributed by atoms with Crippen LogP contribution in [-0.2, 0) is 13.3 Å². The standard InChI is InChI=1S/C12H26Br2O3Si/c1-4-7-15-18(16-8-5-2,17-9-6-3)11-12(14)10-13/h12H,4-11H2,1-3H3. The summed E-state index contributed by atoms with van der Waals surface area (Å²) < 4.78 is 18.0. The first-order chi connectivity index (χ1) is 8.64. The molecule has 0 fully saturated rings. The largest absolute Gasteiger partial charge is 0.502 e. The van der Waals surface area contributed by atoms with Gasteiger partial charge >= 0.3 is 8.80 Å². The molecule has 0 rings (SSSR count). The van der Waals surface area contributed by atoms with Gasteiger partial charge in [0.15, 0.2) is 0 Å². The molecule has 0 radical (unpaired) electrons. The summed E-state index contributed by atoms with van der Waals surface area (Å²) in [6, 6.07) is 0.818. The Hall–Kier alpha value is 1.06. The number of hydrogen-bond acceptors (Lipinski definition) is 3. The zero-order valence-electron chi connectivity index (χ0n) is 11.7. The Labute approximate surface area is 130 Å². The van der Waals surface area contributed by atoms with Gasteiger partial charge in [0.2, 0.25) is 0 Å². The van der Waals surface area contributed by atoms with Gasteiger partial charge in [-0.2, -0.15) is 0 Å². The van der Waals surface area contributed by atoms with E-state index in [1.807, 2.05) is 0 Å². The summed E-state index contributed by atoms with van der Waals surface area (Å²) in [6.45, 7) is 8.45. The minimum Gasteiger partial charge on any atom is -0.373 e. The highest BCUT2D eigenvalue weighted by atomic mass is 79.9. The minimum absolute atomic E-state index is 0.328. The van der Waals surface area contributed by atoms with Crippen molar-refractivity contribution in [3.63, 3.8) is 0 Å². The molecule has 0 N–H and O–H groups in total. The summed E-state index contributed by atoms with van der Waals surface area (Å²) in [4.78, 5) is 0.328. The molecule has 3 nitrogen and oxygen atoms in total. The molecule has 0 aromatic carbocycles. The van der Waals surface area contributed by atoms with Crippen LogP contribution in [0, 0.1) is 0 Å². The van der Waals surface area contributed by atoms with E-state index in [1.54, 1.807) is 0 Å². The third kappa shape index (κ3) is 8.27. The molecule has 18 heavy (non-hydrogen) atoms. The van der Waals surface area contributed by atoms with Crippen LogP contribution in [0.5, 0.6) is 0 Å². The molecule has 1 unspecified atom stereocenters. The number of rotatable bonds is 12. The van der Waals surface area contributed by atoms with Gasteiger partial charge < -0.3 is 13.3 Å². The van der Waals surface area contributed by atoms with Crippen LogP contribution in [-0.4, -0.2) is 38.8 Å². The lowest BCUT2D eigenvalue weighted by molar-refractivity contribution is 0.0596. The molecule has 0 aliphatic rings. The van der Waals surface area contributed by atoms with Crippen molar-refractivity contribution in [2.24, 2.45) is 0 Å². The Balaban J connectivity index is 4.61. The molecule has 6 heteroatoms. The number of hydrogen-bond donors (Lipinski definition) is 0. The van der Waals surface area contributed by atoms with Gasteiger partial charge in [-0.05, 0) is 19.3 Å². The maximum Gasteiger partial charge on any atom is 0.502 e. The van der Waals surface area contributed by atoms with Gasteiger partial charge in [0.1, 0.15) is 0 Å². The van der Waals surface area contributed by atoms with Crippen LogP contribution in [0.3, 0.4) is 0 Å². The van der Waals surface area contributed by atoms with Crippen molar-refractivity contribution in [1.82, 2.24) is 0 Å². The SMILES string of the molecule is CCCO[Si](CC(Br)CBr)(OCCC)OCCC. The molecule has 0 aromatic heterocycles. The van der Waals surface area contributed by atoms with Crippen molar-refractivity contribution < 1.29 is 13.3 Å². The molecule has 0 bridgehead atoms. The molecule has 0 aromatic rings. The van der Waals surface area contributed by atoms with Gasteiger partial charge in [0.05, 0.1) is 0 Å². The van der Waals surface area contributed by atoms with Crippen LogP contribution in [0.15, 0.2) is 0 Å². The average molecular weight is 406 g/mol. The Bertz CT molecular complexity index is 174. The number of halogens is 2. The van der Waals surface area contributed by atoms with Gasteiger partial charge in [-0.3, -0.25) is 0 Å². The second-order valence-electron chi connectivity index (χ2n) is 4.18. The Morgan fingerprint density at radius 1 is 0.889 bits per heavy atom. The van der Waals surface area contributed by atoms with Crippen LogP contribution >= 0.6 is 31.9 Å². The lowest BCUT2D eigenvalue weighted by Crippen LogP contribution is -2.48. The van der Waals surface area contributed by atoms with Crippen molar-refractivity contribution in [3.05, 3.63) is 0 Å². The predicted octanol–water partition coefficient (Wildman–Crippen LogP) is 4.36. The highest BCUT2D eigenvalue weighted by Gasteiger charge is 2.42. The smallest absolute Gasteiger partial charge is 0.373 e. The Kier molecular flexibility index (Phi) is 12.5. The molecular formula is C12H26Br2O3Si. The molecule has 0 aliphatic carbocycles. The van der Waals surface area contributed by atoms with Crippen LogP contribution in [0.2, 0.25) is 6.04 Å². The molecule has 1 atom stereocenters. The summed E-state index contributed by atoms with van der Waals surface area (Å²) in [5, 5.41) is 0.877. The molecular weight excluding hydrogens is 380 g/mol. The van der Waals surface area contributed by atoms with Gasteiger partial charge in [0.25, 0.3) is 0 Å². The van der Waals surface area contributed by atoms with Crippen molar-refractivity contribution >= 4 is 40.7 Å². The molecule has 110 valence electrons. The number of alkyl halides is 2. The van der Waals surface area contributed by atoms with Gasteiger partial charge in [-0.1, -0.05) is 52.6 Å². The lowest BCUT2D eigenvalue weighted by atomic mass is 10.5. The van der Waals surface area contributed by atoms with Gasteiger partial charge in [-0.15, -0.1) is 0 Å². The van der Waals surface area contributed by atoms with E-state index in [0.29, 0.717) is 24.6 Å². The first-order valence-corrected chi connectivity index (χ1v) is 10.7. The fourth-order valence-corrected chi connectivity index (χ4v) is 6.08. The molecule has 0 saturated heterocycles. The van der Waals surface area contributed by atoms with E-state index in [-0.39, 0.29) is 0 Å². The average Bonchev–Trinajstić information content (AvgIpc) is 2.40. The highest BCUT2D eigenvalue weighted by molar-refractivity contribution is 9.12. The summed E-state index contributed by atoms with van der Waals surface area (Å²) in [7, 11) is -2.52. The quantitative estimate of drug-likeness (QED) is 0.356. The van der Waals surface area contributed by atoms with E-state index >= 15 is 0 Å². The van der Waals surface area contributed by atoms with Crippen molar-refractivity contribution in [2.75, 3.05) is 25.2 Å². The fraction of sp³-hybridized carbons (Fsp3) is 1.00. The van der Waals surface area contributed by atoms with Crippen molar-refractivity contribution in [3.8, 4) is 0 Å².